The quantitative estimate of drug-likeness (QED) is 0.747. The highest BCUT2D eigenvalue weighted by Crippen LogP contribution is 2.21. The molecule has 2 unspecified atom stereocenters. The van der Waals surface area contributed by atoms with E-state index in [2.05, 4.69) is 9.71 Å². The lowest BCUT2D eigenvalue weighted by Crippen LogP contribution is -2.42. The van der Waals surface area contributed by atoms with Crippen LogP contribution in [0.5, 0.6) is 0 Å². The first kappa shape index (κ1) is 15.5. The molecule has 1 heterocycles. The fourth-order valence-corrected chi connectivity index (χ4v) is 4.55. The van der Waals surface area contributed by atoms with Crippen LogP contribution in [0.4, 0.5) is 0 Å². The first-order valence-corrected chi connectivity index (χ1v) is 8.45. The Morgan fingerprint density at radius 1 is 1.56 bits per heavy atom. The van der Waals surface area contributed by atoms with Crippen molar-refractivity contribution in [2.45, 2.75) is 38.0 Å². The third kappa shape index (κ3) is 3.71. The molecule has 0 aliphatic rings. The molecule has 0 aliphatic heterocycles. The lowest BCUT2D eigenvalue weighted by atomic mass is 10.3. The van der Waals surface area contributed by atoms with Crippen molar-refractivity contribution < 1.29 is 8.42 Å². The van der Waals surface area contributed by atoms with Gasteiger partial charge in [0.15, 0.2) is 0 Å². The molecule has 5 nitrogen and oxygen atoms in total. The smallest absolute Gasteiger partial charge is 0.221 e. The molecule has 0 aliphatic carbocycles. The average Bonchev–Trinajstić information content (AvgIpc) is 2.79. The SMILES string of the molecule is CCC(NS(=O)(=O)C(CC)C(N)=S)c1nccs1. The number of hydrogen-bond acceptors (Lipinski definition) is 5. The number of aromatic nitrogens is 1. The normalized spacial score (nSPS) is 15.2. The number of thiazole rings is 1. The summed E-state index contributed by atoms with van der Waals surface area (Å²) in [7, 11) is -3.56. The fraction of sp³-hybridized carbons (Fsp3) is 0.600. The summed E-state index contributed by atoms with van der Waals surface area (Å²) in [6.07, 6.45) is 2.64. The van der Waals surface area contributed by atoms with Crippen LogP contribution in [0.3, 0.4) is 0 Å². The molecule has 0 aromatic carbocycles. The summed E-state index contributed by atoms with van der Waals surface area (Å²) < 4.78 is 27.0. The summed E-state index contributed by atoms with van der Waals surface area (Å²) in [5, 5.41) is 1.73. The molecule has 2 atom stereocenters. The van der Waals surface area contributed by atoms with Crippen LogP contribution in [-0.4, -0.2) is 23.6 Å². The minimum absolute atomic E-state index is 0.000933. The highest BCUT2D eigenvalue weighted by Gasteiger charge is 2.29. The van der Waals surface area contributed by atoms with Crippen LogP contribution in [-0.2, 0) is 10.0 Å². The average molecular weight is 307 g/mol. The van der Waals surface area contributed by atoms with Gasteiger partial charge >= 0.3 is 0 Å². The van der Waals surface area contributed by atoms with Gasteiger partial charge in [0.05, 0.1) is 11.0 Å². The highest BCUT2D eigenvalue weighted by molar-refractivity contribution is 7.93. The summed E-state index contributed by atoms with van der Waals surface area (Å²) in [6.45, 7) is 3.64. The molecular formula is C10H17N3O2S3. The van der Waals surface area contributed by atoms with Crippen LogP contribution >= 0.6 is 23.6 Å². The van der Waals surface area contributed by atoms with Crippen molar-refractivity contribution in [3.8, 4) is 0 Å². The minimum atomic E-state index is -3.56. The second-order valence-corrected chi connectivity index (χ2v) is 7.09. The Labute approximate surface area is 117 Å². The number of rotatable bonds is 7. The number of nitrogens with two attached hydrogens (primary N) is 1. The summed E-state index contributed by atoms with van der Waals surface area (Å²) in [5.74, 6) is 0. The number of nitrogens with zero attached hydrogens (tertiary/aromatic N) is 1. The fourth-order valence-electron chi connectivity index (χ4n) is 1.57. The van der Waals surface area contributed by atoms with E-state index in [9.17, 15) is 8.42 Å². The van der Waals surface area contributed by atoms with Gasteiger partial charge in [-0.1, -0.05) is 26.1 Å². The molecule has 102 valence electrons. The van der Waals surface area contributed by atoms with Crippen molar-refractivity contribution in [2.75, 3.05) is 0 Å². The largest absolute Gasteiger partial charge is 0.392 e. The Balaban J connectivity index is 2.90. The van der Waals surface area contributed by atoms with Gasteiger partial charge in [0.1, 0.15) is 10.3 Å². The molecule has 8 heteroatoms. The first-order chi connectivity index (χ1) is 8.42. The molecule has 0 bridgehead atoms. The minimum Gasteiger partial charge on any atom is -0.392 e. The topological polar surface area (TPSA) is 85.1 Å². The summed E-state index contributed by atoms with van der Waals surface area (Å²) in [4.78, 5) is 4.13. The van der Waals surface area contributed by atoms with Gasteiger partial charge in [-0.2, -0.15) is 0 Å². The zero-order chi connectivity index (χ0) is 13.8. The monoisotopic (exact) mass is 307 g/mol. The Morgan fingerprint density at radius 3 is 2.61 bits per heavy atom. The van der Waals surface area contributed by atoms with Gasteiger partial charge < -0.3 is 5.73 Å². The van der Waals surface area contributed by atoms with Crippen LogP contribution < -0.4 is 10.5 Å². The van der Waals surface area contributed by atoms with Gasteiger partial charge in [0.2, 0.25) is 10.0 Å². The van der Waals surface area contributed by atoms with E-state index in [-0.39, 0.29) is 11.0 Å². The molecule has 3 N–H and O–H groups in total. The Bertz CT molecular complexity index is 484. The van der Waals surface area contributed by atoms with Crippen molar-refractivity contribution in [1.82, 2.24) is 9.71 Å². The molecule has 1 aromatic rings. The Hall–Kier alpha value is -0.570. The molecule has 0 spiro atoms. The van der Waals surface area contributed by atoms with Crippen LogP contribution in [0.1, 0.15) is 37.7 Å². The molecule has 1 aromatic heterocycles. The number of nitrogens with one attached hydrogen (secondary N) is 1. The van der Waals surface area contributed by atoms with Crippen LogP contribution in [0.2, 0.25) is 0 Å². The maximum atomic E-state index is 12.2. The van der Waals surface area contributed by atoms with Crippen molar-refractivity contribution >= 4 is 38.6 Å². The van der Waals surface area contributed by atoms with Gasteiger partial charge in [0.25, 0.3) is 0 Å². The second-order valence-electron chi connectivity index (χ2n) is 3.79. The van der Waals surface area contributed by atoms with Gasteiger partial charge in [-0.15, -0.1) is 11.3 Å². The van der Waals surface area contributed by atoms with Crippen molar-refractivity contribution in [3.05, 3.63) is 16.6 Å². The Morgan fingerprint density at radius 2 is 2.22 bits per heavy atom. The molecule has 0 amide bonds. The molecule has 0 saturated carbocycles. The number of hydrogen-bond donors (Lipinski definition) is 2. The van der Waals surface area contributed by atoms with Crippen molar-refractivity contribution in [2.24, 2.45) is 5.73 Å². The highest BCUT2D eigenvalue weighted by atomic mass is 32.2. The first-order valence-electron chi connectivity index (χ1n) is 5.62. The van der Waals surface area contributed by atoms with E-state index >= 15 is 0 Å². The predicted octanol–water partition coefficient (Wildman–Crippen LogP) is 1.58. The Kier molecular flexibility index (Phi) is 5.64. The van der Waals surface area contributed by atoms with Gasteiger partial charge in [0, 0.05) is 11.6 Å². The predicted molar refractivity (Wildman–Crippen MR) is 78.1 cm³/mol. The van der Waals surface area contributed by atoms with Gasteiger partial charge in [-0.3, -0.25) is 0 Å². The molecule has 0 fully saturated rings. The van der Waals surface area contributed by atoms with E-state index in [1.165, 1.54) is 11.3 Å². The molecular weight excluding hydrogens is 290 g/mol. The van der Waals surface area contributed by atoms with Crippen molar-refractivity contribution in [1.29, 1.82) is 0 Å². The lowest BCUT2D eigenvalue weighted by Gasteiger charge is -2.19. The van der Waals surface area contributed by atoms with Crippen LogP contribution in [0, 0.1) is 0 Å². The van der Waals surface area contributed by atoms with E-state index in [0.717, 1.165) is 5.01 Å². The second kappa shape index (κ2) is 6.55. The zero-order valence-electron chi connectivity index (χ0n) is 10.3. The van der Waals surface area contributed by atoms with E-state index in [4.69, 9.17) is 18.0 Å². The van der Waals surface area contributed by atoms with E-state index in [0.29, 0.717) is 12.8 Å². The number of sulfonamides is 1. The third-order valence-electron chi connectivity index (χ3n) is 2.53. The van der Waals surface area contributed by atoms with E-state index < -0.39 is 15.3 Å². The van der Waals surface area contributed by atoms with Crippen LogP contribution in [0.25, 0.3) is 0 Å². The molecule has 0 saturated heterocycles. The molecule has 1 rings (SSSR count). The van der Waals surface area contributed by atoms with Crippen LogP contribution in [0.15, 0.2) is 11.6 Å². The molecule has 0 radical (unpaired) electrons. The zero-order valence-corrected chi connectivity index (χ0v) is 12.7. The van der Waals surface area contributed by atoms with E-state index in [1.807, 2.05) is 12.3 Å². The third-order valence-corrected chi connectivity index (χ3v) is 5.80. The standard InChI is InChI=1S/C10H17N3O2S3/c1-3-7(10-12-5-6-17-10)13-18(14,15)8(4-2)9(11)16/h5-8,13H,3-4H2,1-2H3,(H2,11,16). The van der Waals surface area contributed by atoms with E-state index in [1.54, 1.807) is 13.1 Å². The number of thiocarbonyl (C=S) groups is 1. The summed E-state index contributed by atoms with van der Waals surface area (Å²) >= 11 is 6.22. The maximum absolute atomic E-state index is 12.2. The van der Waals surface area contributed by atoms with Gasteiger partial charge in [-0.05, 0) is 12.8 Å². The lowest BCUT2D eigenvalue weighted by molar-refractivity contribution is 0.543. The molecule has 18 heavy (non-hydrogen) atoms. The van der Waals surface area contributed by atoms with Gasteiger partial charge in [-0.25, -0.2) is 18.1 Å². The summed E-state index contributed by atoms with van der Waals surface area (Å²) in [6, 6.07) is -0.321. The van der Waals surface area contributed by atoms with Crippen molar-refractivity contribution in [3.63, 3.8) is 0 Å². The maximum Gasteiger partial charge on any atom is 0.221 e. The summed E-state index contributed by atoms with van der Waals surface area (Å²) in [5.41, 5.74) is 5.47.